The molecule has 0 aromatic carbocycles. The predicted molar refractivity (Wildman–Crippen MR) is 113 cm³/mol. The Balaban J connectivity index is -0.0000000880. The van der Waals surface area contributed by atoms with Crippen LogP contribution >= 0.6 is 0 Å². The monoisotopic (exact) mass is 522 g/mol. The van der Waals surface area contributed by atoms with E-state index in [2.05, 4.69) is 0 Å². The van der Waals surface area contributed by atoms with E-state index in [-0.39, 0.29) is 69.2 Å². The maximum atomic E-state index is 10.3. The van der Waals surface area contributed by atoms with Crippen LogP contribution in [0.4, 0.5) is 0 Å². The van der Waals surface area contributed by atoms with Gasteiger partial charge in [0.25, 0.3) is 5.97 Å². The highest BCUT2D eigenvalue weighted by molar-refractivity contribution is 5.88. The van der Waals surface area contributed by atoms with E-state index in [0.29, 0.717) is 0 Å². The van der Waals surface area contributed by atoms with E-state index in [1.165, 1.54) is 0 Å². The summed E-state index contributed by atoms with van der Waals surface area (Å²) in [5.74, 6) is -10.9. The quantitative estimate of drug-likeness (QED) is 0.121. The van der Waals surface area contributed by atoms with Gasteiger partial charge in [-0.15, -0.1) is 0 Å². The molecule has 0 aromatic heterocycles. The summed E-state index contributed by atoms with van der Waals surface area (Å²) >= 11 is 0. The van der Waals surface area contributed by atoms with Crippen LogP contribution in [-0.2, 0) is 33.6 Å². The fraction of sp³-hybridized carbons (Fsp3) is 0.500. The molecule has 0 aliphatic heterocycles. The summed E-state index contributed by atoms with van der Waals surface area (Å²) in [5.41, 5.74) is -5.48. The van der Waals surface area contributed by atoms with E-state index in [9.17, 15) is 28.8 Å². The molecule has 0 amide bonds. The van der Waals surface area contributed by atoms with Gasteiger partial charge in [-0.1, -0.05) is 0 Å². The van der Waals surface area contributed by atoms with Crippen LogP contribution in [0.5, 0.6) is 0 Å². The number of carbonyl (C=O) groups is 7. The maximum Gasteiger partial charge on any atom is 0.336 e. The molecule has 0 aliphatic rings. The first kappa shape index (κ1) is 45.1. The molecule has 0 unspecified atom stereocenters. The van der Waals surface area contributed by atoms with Crippen molar-refractivity contribution in [3.63, 3.8) is 0 Å². The SMILES string of the molecule is CC(=O)O.O=C(O)CC(O)(CC(=O)O)C(=O)O.O=C(O)CC(O)(CC(=O)O)C(=O)O.[MgH2].[MgH2].[MgH2]. The minimum Gasteiger partial charge on any atom is -0.481 e. The molecule has 9 N–H and O–H groups in total. The van der Waals surface area contributed by atoms with Gasteiger partial charge in [0.15, 0.2) is 11.2 Å². The van der Waals surface area contributed by atoms with Crippen molar-refractivity contribution in [1.29, 1.82) is 0 Å². The van der Waals surface area contributed by atoms with E-state index in [1.54, 1.807) is 0 Å². The molecule has 0 aliphatic carbocycles. The lowest BCUT2D eigenvalue weighted by molar-refractivity contribution is -0.170. The van der Waals surface area contributed by atoms with Crippen molar-refractivity contribution < 1.29 is 79.5 Å². The Kier molecular flexibility index (Phi) is 28.8. The third-order valence-electron chi connectivity index (χ3n) is 2.57. The third-order valence-corrected chi connectivity index (χ3v) is 2.57. The predicted octanol–water partition coefficient (Wildman–Crippen LogP) is -5.15. The Bertz CT molecular complexity index is 604. The second-order valence-electron chi connectivity index (χ2n) is 5.47. The van der Waals surface area contributed by atoms with Gasteiger partial charge in [-0.3, -0.25) is 24.0 Å². The van der Waals surface area contributed by atoms with Crippen LogP contribution in [0.15, 0.2) is 0 Å². The van der Waals surface area contributed by atoms with Gasteiger partial charge in [0, 0.05) is 6.92 Å². The van der Waals surface area contributed by atoms with Gasteiger partial charge < -0.3 is 46.0 Å². The van der Waals surface area contributed by atoms with Gasteiger partial charge in [-0.25, -0.2) is 9.59 Å². The zero-order valence-corrected chi connectivity index (χ0v) is 15.2. The van der Waals surface area contributed by atoms with Gasteiger partial charge >= 0.3 is 105 Å². The lowest BCUT2D eigenvalue weighted by Gasteiger charge is -2.18. The molecule has 19 heteroatoms. The van der Waals surface area contributed by atoms with Crippen molar-refractivity contribution in [1.82, 2.24) is 0 Å². The zero-order valence-electron chi connectivity index (χ0n) is 15.2. The second-order valence-corrected chi connectivity index (χ2v) is 5.47. The number of hydrogen-bond acceptors (Lipinski definition) is 9. The third kappa shape index (κ3) is 26.6. The van der Waals surface area contributed by atoms with E-state index in [1.807, 2.05) is 0 Å². The summed E-state index contributed by atoms with van der Waals surface area (Å²) in [6, 6.07) is 0. The van der Waals surface area contributed by atoms with Crippen molar-refractivity contribution in [3.8, 4) is 0 Å². The molecule has 0 bridgehead atoms. The highest BCUT2D eigenvalue weighted by Gasteiger charge is 2.41. The highest BCUT2D eigenvalue weighted by atomic mass is 24.3. The van der Waals surface area contributed by atoms with Crippen molar-refractivity contribution in [3.05, 3.63) is 0 Å². The Morgan fingerprint density at radius 3 is 0.667 bits per heavy atom. The summed E-state index contributed by atoms with van der Waals surface area (Å²) in [6.45, 7) is 1.08. The summed E-state index contributed by atoms with van der Waals surface area (Å²) in [5, 5.41) is 75.0. The van der Waals surface area contributed by atoms with Crippen LogP contribution < -0.4 is 0 Å². The molecule has 33 heavy (non-hydrogen) atoms. The van der Waals surface area contributed by atoms with E-state index in [4.69, 9.17) is 50.8 Å². The van der Waals surface area contributed by atoms with Crippen molar-refractivity contribution in [2.45, 2.75) is 43.8 Å². The number of carboxylic acid groups (broad SMARTS) is 7. The first-order valence-electron chi connectivity index (χ1n) is 7.27. The molecule has 0 saturated carbocycles. The number of aliphatic carboxylic acids is 7. The lowest BCUT2D eigenvalue weighted by Crippen LogP contribution is -2.42. The molecule has 0 rings (SSSR count). The molecule has 16 nitrogen and oxygen atoms in total. The van der Waals surface area contributed by atoms with E-state index in [0.717, 1.165) is 6.92 Å². The fourth-order valence-electron chi connectivity index (χ4n) is 1.43. The van der Waals surface area contributed by atoms with Crippen LogP contribution in [0, 0.1) is 0 Å². The molecule has 0 radical (unpaired) electrons. The number of rotatable bonds is 10. The average molecular weight is 523 g/mol. The van der Waals surface area contributed by atoms with Gasteiger partial charge in [-0.2, -0.15) is 0 Å². The van der Waals surface area contributed by atoms with Crippen molar-refractivity contribution in [2.24, 2.45) is 0 Å². The van der Waals surface area contributed by atoms with Gasteiger partial charge in [-0.05, 0) is 0 Å². The topological polar surface area (TPSA) is 302 Å². The first-order chi connectivity index (χ1) is 13.3. The summed E-state index contributed by atoms with van der Waals surface area (Å²) < 4.78 is 0. The van der Waals surface area contributed by atoms with Crippen LogP contribution in [-0.4, -0.2) is 168 Å². The average Bonchev–Trinajstić information content (AvgIpc) is 2.43. The molecule has 0 saturated heterocycles. The zero-order chi connectivity index (χ0) is 24.9. The Morgan fingerprint density at radius 2 is 0.606 bits per heavy atom. The Labute approximate surface area is 233 Å². The molecule has 0 aromatic rings. The molecule has 184 valence electrons. The molecule has 0 spiro atoms. The lowest BCUT2D eigenvalue weighted by atomic mass is 9.96. The van der Waals surface area contributed by atoms with Crippen molar-refractivity contribution >= 4 is 111 Å². The van der Waals surface area contributed by atoms with Crippen LogP contribution in [0.2, 0.25) is 0 Å². The van der Waals surface area contributed by atoms with Gasteiger partial charge in [0.2, 0.25) is 0 Å². The fourth-order valence-corrected chi connectivity index (χ4v) is 1.43. The van der Waals surface area contributed by atoms with Crippen LogP contribution in [0.25, 0.3) is 0 Å². The van der Waals surface area contributed by atoms with E-state index >= 15 is 0 Å². The molecule has 0 atom stereocenters. The van der Waals surface area contributed by atoms with Crippen LogP contribution in [0.3, 0.4) is 0 Å². The van der Waals surface area contributed by atoms with E-state index < -0.39 is 78.7 Å². The summed E-state index contributed by atoms with van der Waals surface area (Å²) in [6.07, 6.45) is -4.58. The Morgan fingerprint density at radius 1 is 0.485 bits per heavy atom. The minimum atomic E-state index is -2.74. The minimum absolute atomic E-state index is 0. The molecule has 0 fully saturated rings. The number of carboxylic acids is 7. The standard InChI is InChI=1S/2C6H8O7.C2H4O2.3Mg.6H/c2*7-3(8)1-6(13,5(11)12)2-4(9)10;1-2(3)4;;;;;;;;;/h2*13H,1-2H2,(H,7,8)(H,9,10)(H,11,12);1H3,(H,3,4);;;;;;;;;. The number of hydrogen-bond donors (Lipinski definition) is 9. The van der Waals surface area contributed by atoms with Crippen LogP contribution in [0.1, 0.15) is 32.6 Å². The van der Waals surface area contributed by atoms with Gasteiger partial charge in [0.1, 0.15) is 0 Å². The summed E-state index contributed by atoms with van der Waals surface area (Å²) in [7, 11) is 0. The van der Waals surface area contributed by atoms with Crippen molar-refractivity contribution in [2.75, 3.05) is 0 Å². The summed E-state index contributed by atoms with van der Waals surface area (Å²) in [4.78, 5) is 70.0. The normalized spacial score (nSPS) is 9.30. The van der Waals surface area contributed by atoms with Gasteiger partial charge in [0.05, 0.1) is 25.7 Å². The maximum absolute atomic E-state index is 10.3. The second kappa shape index (κ2) is 21.1. The molecular formula is C14H26Mg3O16. The molecule has 0 heterocycles. The smallest absolute Gasteiger partial charge is 0.336 e. The Hall–Kier alpha value is -1.49. The highest BCUT2D eigenvalue weighted by Crippen LogP contribution is 2.16. The number of aliphatic hydroxyl groups is 2. The largest absolute Gasteiger partial charge is 0.481 e. The molecular weight excluding hydrogens is 497 g/mol. The first-order valence-corrected chi connectivity index (χ1v) is 7.27.